The van der Waals surface area contributed by atoms with Crippen molar-refractivity contribution < 1.29 is 38.6 Å². The number of alkyl halides is 3. The van der Waals surface area contributed by atoms with Crippen molar-refractivity contribution >= 4 is 11.6 Å². The van der Waals surface area contributed by atoms with Gasteiger partial charge in [0.15, 0.2) is 0 Å². The zero-order valence-electron chi connectivity index (χ0n) is 10.7. The van der Waals surface area contributed by atoms with Crippen LogP contribution in [-0.4, -0.2) is 9.13 Å². The summed E-state index contributed by atoms with van der Waals surface area (Å²) < 4.78 is 52.2. The molecule has 0 radical (unpaired) electrons. The van der Waals surface area contributed by atoms with E-state index in [-0.39, 0.29) is 41.3 Å². The average molecular weight is 505 g/mol. The van der Waals surface area contributed by atoms with E-state index in [9.17, 15) is 27.2 Å². The second-order valence-corrected chi connectivity index (χ2v) is 4.46. The molecular weight excluding hydrogens is 499 g/mol. The van der Waals surface area contributed by atoms with Crippen molar-refractivity contribution in [3.05, 3.63) is 61.6 Å². The minimum atomic E-state index is -4.88. The molecule has 10 heteroatoms. The van der Waals surface area contributed by atoms with Crippen LogP contribution in [0.15, 0.2) is 27.8 Å². The van der Waals surface area contributed by atoms with Crippen LogP contribution in [0.25, 0.3) is 5.69 Å². The summed E-state index contributed by atoms with van der Waals surface area (Å²) in [5.74, 6) is -1.03. The quantitative estimate of drug-likeness (QED) is 0.441. The first kappa shape index (κ1) is 18.6. The van der Waals surface area contributed by atoms with Crippen molar-refractivity contribution in [2.24, 2.45) is 7.05 Å². The SMILES string of the molecule is Cn1c(C(F)(F)F)cc(=O)n(-c2c[c-]c(Cl)cc2F)c1=O.[W+2]. The Balaban J connectivity index is 0.00000242. The Morgan fingerprint density at radius 2 is 1.82 bits per heavy atom. The summed E-state index contributed by atoms with van der Waals surface area (Å²) in [6, 6.07) is 4.27. The molecule has 22 heavy (non-hydrogen) atoms. The fraction of sp³-hybridized carbons (Fsp3) is 0.167. The van der Waals surface area contributed by atoms with Crippen LogP contribution >= 0.6 is 11.6 Å². The summed E-state index contributed by atoms with van der Waals surface area (Å²) in [6.07, 6.45) is -4.88. The van der Waals surface area contributed by atoms with E-state index in [2.05, 4.69) is 6.07 Å². The smallest absolute Gasteiger partial charge is 0.293 e. The number of nitrogens with zero attached hydrogens (tertiary/aromatic N) is 2. The van der Waals surface area contributed by atoms with Crippen LogP contribution in [0.5, 0.6) is 0 Å². The number of benzene rings is 1. The summed E-state index contributed by atoms with van der Waals surface area (Å²) in [7, 11) is 0.832. The van der Waals surface area contributed by atoms with Gasteiger partial charge in [-0.15, -0.1) is 23.7 Å². The Labute approximate surface area is 140 Å². The fourth-order valence-electron chi connectivity index (χ4n) is 1.72. The Hall–Kier alpha value is -1.40. The minimum absolute atomic E-state index is 0. The van der Waals surface area contributed by atoms with Crippen LogP contribution in [-0.2, 0) is 34.3 Å². The van der Waals surface area contributed by atoms with Crippen LogP contribution in [0.3, 0.4) is 0 Å². The van der Waals surface area contributed by atoms with Crippen molar-refractivity contribution in [2.45, 2.75) is 6.18 Å². The van der Waals surface area contributed by atoms with Gasteiger partial charge in [0.1, 0.15) is 5.69 Å². The molecule has 1 heterocycles. The van der Waals surface area contributed by atoms with Gasteiger partial charge in [-0.05, 0) is 5.69 Å². The Morgan fingerprint density at radius 1 is 1.23 bits per heavy atom. The van der Waals surface area contributed by atoms with E-state index in [1.54, 1.807) is 0 Å². The molecule has 0 bridgehead atoms. The first-order valence-electron chi connectivity index (χ1n) is 5.40. The normalized spacial score (nSPS) is 11.2. The number of rotatable bonds is 1. The summed E-state index contributed by atoms with van der Waals surface area (Å²) >= 11 is 5.49. The molecule has 0 atom stereocenters. The average Bonchev–Trinajstić information content (AvgIpc) is 2.35. The first-order valence-corrected chi connectivity index (χ1v) is 5.78. The van der Waals surface area contributed by atoms with Gasteiger partial charge in [0.2, 0.25) is 5.56 Å². The van der Waals surface area contributed by atoms with Gasteiger partial charge in [0, 0.05) is 18.9 Å². The molecule has 116 valence electrons. The van der Waals surface area contributed by atoms with Gasteiger partial charge in [-0.25, -0.2) is 9.18 Å². The third kappa shape index (κ3) is 3.33. The van der Waals surface area contributed by atoms with E-state index in [1.165, 1.54) is 0 Å². The van der Waals surface area contributed by atoms with Gasteiger partial charge >= 0.3 is 32.9 Å². The third-order valence-corrected chi connectivity index (χ3v) is 2.91. The van der Waals surface area contributed by atoms with Gasteiger partial charge in [-0.3, -0.25) is 13.9 Å². The van der Waals surface area contributed by atoms with Crippen LogP contribution in [0, 0.1) is 11.9 Å². The Bertz CT molecular complexity index is 829. The molecule has 0 saturated heterocycles. The van der Waals surface area contributed by atoms with Gasteiger partial charge in [0.25, 0.3) is 0 Å². The minimum Gasteiger partial charge on any atom is -0.293 e. The third-order valence-electron chi connectivity index (χ3n) is 2.70. The Kier molecular flexibility index (Phi) is 5.41. The molecule has 0 aliphatic heterocycles. The molecule has 0 saturated carbocycles. The largest absolute Gasteiger partial charge is 2.00 e. The molecule has 2 rings (SSSR count). The Morgan fingerprint density at radius 3 is 2.32 bits per heavy atom. The number of aromatic nitrogens is 2. The maximum atomic E-state index is 13.7. The molecule has 2 aromatic rings. The van der Waals surface area contributed by atoms with Crippen molar-refractivity contribution in [3.8, 4) is 5.69 Å². The molecule has 0 unspecified atom stereocenters. The second-order valence-electron chi connectivity index (χ2n) is 4.06. The van der Waals surface area contributed by atoms with Crippen LogP contribution < -0.4 is 11.2 Å². The zero-order valence-corrected chi connectivity index (χ0v) is 14.4. The van der Waals surface area contributed by atoms with Gasteiger partial charge < -0.3 is 0 Å². The topological polar surface area (TPSA) is 44.0 Å². The van der Waals surface area contributed by atoms with Crippen LogP contribution in [0.4, 0.5) is 17.6 Å². The number of halogens is 5. The molecule has 0 spiro atoms. The predicted molar refractivity (Wildman–Crippen MR) is 66.1 cm³/mol. The fourth-order valence-corrected chi connectivity index (χ4v) is 1.87. The summed E-state index contributed by atoms with van der Waals surface area (Å²) in [5.41, 5.74) is -4.59. The van der Waals surface area contributed by atoms with Crippen molar-refractivity contribution in [1.82, 2.24) is 9.13 Å². The van der Waals surface area contributed by atoms with E-state index in [1.807, 2.05) is 0 Å². The molecule has 0 aliphatic carbocycles. The molecule has 0 aliphatic rings. The molecule has 4 nitrogen and oxygen atoms in total. The summed E-state index contributed by atoms with van der Waals surface area (Å²) in [4.78, 5) is 23.6. The maximum Gasteiger partial charge on any atom is 2.00 e. The molecular formula is C12H6ClF4N2O2W+. The summed E-state index contributed by atoms with van der Waals surface area (Å²) in [6.45, 7) is 0. The van der Waals surface area contributed by atoms with Gasteiger partial charge in [0.05, 0.1) is 0 Å². The first-order chi connectivity index (χ1) is 9.62. The van der Waals surface area contributed by atoms with Crippen molar-refractivity contribution in [1.29, 1.82) is 0 Å². The van der Waals surface area contributed by atoms with E-state index >= 15 is 0 Å². The van der Waals surface area contributed by atoms with E-state index in [0.29, 0.717) is 0 Å². The van der Waals surface area contributed by atoms with Gasteiger partial charge in [-0.1, -0.05) is 5.02 Å². The summed E-state index contributed by atoms with van der Waals surface area (Å²) in [5, 5.41) is -0.104. The molecule has 0 amide bonds. The van der Waals surface area contributed by atoms with Crippen molar-refractivity contribution in [3.63, 3.8) is 0 Å². The van der Waals surface area contributed by atoms with E-state index in [0.717, 1.165) is 19.2 Å². The van der Waals surface area contributed by atoms with Crippen LogP contribution in [0.2, 0.25) is 5.02 Å². The molecule has 0 fully saturated rings. The van der Waals surface area contributed by atoms with Crippen molar-refractivity contribution in [2.75, 3.05) is 0 Å². The van der Waals surface area contributed by atoms with Gasteiger partial charge in [-0.2, -0.15) is 19.2 Å². The number of hydrogen-bond acceptors (Lipinski definition) is 2. The van der Waals surface area contributed by atoms with Crippen LogP contribution in [0.1, 0.15) is 5.69 Å². The zero-order chi connectivity index (χ0) is 15.9. The standard InChI is InChI=1S/C12H6ClF4N2O2.W/c1-18-9(12(15,16)17)5-10(20)19(11(18)21)8-3-2-6(13)4-7(8)14;/h3-5H,1H3;/q-1;+2. The number of hydrogen-bond donors (Lipinski definition) is 0. The maximum absolute atomic E-state index is 13.7. The molecule has 0 N–H and O–H groups in total. The molecule has 1 aromatic carbocycles. The monoisotopic (exact) mass is 505 g/mol. The predicted octanol–water partition coefficient (Wildman–Crippen LogP) is 2.15. The van der Waals surface area contributed by atoms with E-state index < -0.39 is 34.6 Å². The van der Waals surface area contributed by atoms with E-state index in [4.69, 9.17) is 11.6 Å². The molecule has 1 aromatic heterocycles. The second kappa shape index (κ2) is 6.38.